The number of nitrogens with zero attached hydrogens (tertiary/aromatic N) is 6. The van der Waals surface area contributed by atoms with E-state index in [2.05, 4.69) is 25.3 Å². The third-order valence-corrected chi connectivity index (χ3v) is 6.74. The number of rotatable bonds is 5. The fraction of sp³-hybridized carbons (Fsp3) is 0.458. The number of tetrazole rings is 1. The Morgan fingerprint density at radius 2 is 1.56 bits per heavy atom. The van der Waals surface area contributed by atoms with E-state index in [-0.39, 0.29) is 17.7 Å². The molecule has 32 heavy (non-hydrogen) atoms. The summed E-state index contributed by atoms with van der Waals surface area (Å²) in [6.07, 6.45) is 5.79. The highest BCUT2D eigenvalue weighted by Gasteiger charge is 2.33. The number of anilines is 1. The van der Waals surface area contributed by atoms with Crippen LogP contribution in [0.2, 0.25) is 0 Å². The van der Waals surface area contributed by atoms with Gasteiger partial charge in [-0.15, -0.1) is 5.10 Å². The molecule has 1 saturated heterocycles. The molecule has 1 aromatic heterocycles. The van der Waals surface area contributed by atoms with Gasteiger partial charge in [-0.05, 0) is 53.1 Å². The second kappa shape index (κ2) is 9.32. The van der Waals surface area contributed by atoms with Crippen LogP contribution in [-0.4, -0.2) is 51.3 Å². The molecule has 0 amide bonds. The van der Waals surface area contributed by atoms with E-state index < -0.39 is 0 Å². The minimum absolute atomic E-state index is 0.171. The standard InChI is InChI=1S/C24H28F2N6/c25-19-12-10-18(11-13-19)23(24-27-28-29-32(24)20-6-2-1-3-7-20)31-16-14-30(15-17-31)22-9-5-4-8-21(22)26/h4-5,8-13,20,23H,1-3,6-7,14-17H2/t23-/m0/s1. The number of benzene rings is 2. The monoisotopic (exact) mass is 438 g/mol. The van der Waals surface area contributed by atoms with Gasteiger partial charge in [0.2, 0.25) is 0 Å². The number of aromatic nitrogens is 4. The number of piperazine rings is 1. The smallest absolute Gasteiger partial charge is 0.173 e. The normalized spacial score (nSPS) is 19.2. The van der Waals surface area contributed by atoms with Crippen LogP contribution < -0.4 is 4.90 Å². The molecule has 168 valence electrons. The number of para-hydroxylation sites is 1. The molecule has 0 N–H and O–H groups in total. The summed E-state index contributed by atoms with van der Waals surface area (Å²) in [5, 5.41) is 12.8. The van der Waals surface area contributed by atoms with Crippen molar-refractivity contribution in [2.45, 2.75) is 44.2 Å². The van der Waals surface area contributed by atoms with E-state index in [1.807, 2.05) is 28.9 Å². The molecule has 0 radical (unpaired) electrons. The van der Waals surface area contributed by atoms with E-state index in [9.17, 15) is 8.78 Å². The van der Waals surface area contributed by atoms with Crippen molar-refractivity contribution in [3.8, 4) is 0 Å². The van der Waals surface area contributed by atoms with Crippen LogP contribution in [0.25, 0.3) is 0 Å². The molecular weight excluding hydrogens is 410 g/mol. The zero-order valence-corrected chi connectivity index (χ0v) is 18.1. The van der Waals surface area contributed by atoms with Gasteiger partial charge in [0.05, 0.1) is 17.8 Å². The fourth-order valence-corrected chi connectivity index (χ4v) is 5.06. The van der Waals surface area contributed by atoms with Gasteiger partial charge in [0.1, 0.15) is 11.6 Å². The zero-order chi connectivity index (χ0) is 21.9. The third kappa shape index (κ3) is 4.24. The lowest BCUT2D eigenvalue weighted by Gasteiger charge is -2.40. The maximum absolute atomic E-state index is 14.3. The van der Waals surface area contributed by atoms with Gasteiger partial charge in [-0.3, -0.25) is 4.90 Å². The summed E-state index contributed by atoms with van der Waals surface area (Å²) in [5.41, 5.74) is 1.61. The summed E-state index contributed by atoms with van der Waals surface area (Å²) in [5.74, 6) is 0.351. The van der Waals surface area contributed by atoms with Crippen LogP contribution in [0.4, 0.5) is 14.5 Å². The fourth-order valence-electron chi connectivity index (χ4n) is 5.06. The van der Waals surface area contributed by atoms with Crippen LogP contribution in [-0.2, 0) is 0 Å². The second-order valence-electron chi connectivity index (χ2n) is 8.70. The van der Waals surface area contributed by atoms with Crippen LogP contribution in [0.3, 0.4) is 0 Å². The molecule has 5 rings (SSSR count). The average molecular weight is 439 g/mol. The van der Waals surface area contributed by atoms with Crippen molar-refractivity contribution in [3.05, 3.63) is 71.6 Å². The topological polar surface area (TPSA) is 50.1 Å². The molecule has 0 spiro atoms. The van der Waals surface area contributed by atoms with Gasteiger partial charge in [-0.1, -0.05) is 43.5 Å². The van der Waals surface area contributed by atoms with Gasteiger partial charge in [0.15, 0.2) is 5.82 Å². The summed E-state index contributed by atoms with van der Waals surface area (Å²) >= 11 is 0. The second-order valence-corrected chi connectivity index (χ2v) is 8.70. The van der Waals surface area contributed by atoms with Crippen LogP contribution >= 0.6 is 0 Å². The van der Waals surface area contributed by atoms with E-state index in [4.69, 9.17) is 0 Å². The van der Waals surface area contributed by atoms with Gasteiger partial charge in [-0.25, -0.2) is 13.5 Å². The van der Waals surface area contributed by atoms with E-state index >= 15 is 0 Å². The van der Waals surface area contributed by atoms with Crippen LogP contribution in [0.5, 0.6) is 0 Å². The van der Waals surface area contributed by atoms with Crippen molar-refractivity contribution < 1.29 is 8.78 Å². The minimum Gasteiger partial charge on any atom is -0.367 e. The van der Waals surface area contributed by atoms with E-state index in [1.54, 1.807) is 6.07 Å². The van der Waals surface area contributed by atoms with Crippen molar-refractivity contribution in [1.82, 2.24) is 25.1 Å². The van der Waals surface area contributed by atoms with Crippen molar-refractivity contribution in [1.29, 1.82) is 0 Å². The minimum atomic E-state index is -0.260. The predicted molar refractivity (Wildman–Crippen MR) is 118 cm³/mol. The van der Waals surface area contributed by atoms with E-state index in [0.29, 0.717) is 24.8 Å². The summed E-state index contributed by atoms with van der Waals surface area (Å²) in [4.78, 5) is 4.41. The first-order valence-electron chi connectivity index (χ1n) is 11.5. The first-order chi connectivity index (χ1) is 15.7. The van der Waals surface area contributed by atoms with Gasteiger partial charge in [0, 0.05) is 26.2 Å². The van der Waals surface area contributed by atoms with Gasteiger partial charge < -0.3 is 4.90 Å². The Kier molecular flexibility index (Phi) is 6.12. The lowest BCUT2D eigenvalue weighted by molar-refractivity contribution is 0.193. The maximum Gasteiger partial charge on any atom is 0.173 e. The van der Waals surface area contributed by atoms with E-state index in [0.717, 1.165) is 37.3 Å². The molecule has 1 atom stereocenters. The lowest BCUT2D eigenvalue weighted by Crippen LogP contribution is -2.48. The molecule has 8 heteroatoms. The highest BCUT2D eigenvalue weighted by molar-refractivity contribution is 5.48. The molecule has 1 aliphatic heterocycles. The summed E-state index contributed by atoms with van der Waals surface area (Å²) in [6, 6.07) is 13.7. The van der Waals surface area contributed by atoms with Gasteiger partial charge in [0.25, 0.3) is 0 Å². The van der Waals surface area contributed by atoms with Crippen molar-refractivity contribution in [2.75, 3.05) is 31.1 Å². The maximum atomic E-state index is 14.3. The van der Waals surface area contributed by atoms with Crippen molar-refractivity contribution in [2.24, 2.45) is 0 Å². The zero-order valence-electron chi connectivity index (χ0n) is 18.1. The largest absolute Gasteiger partial charge is 0.367 e. The van der Waals surface area contributed by atoms with Crippen LogP contribution in [0.15, 0.2) is 48.5 Å². The molecule has 1 aliphatic carbocycles. The molecule has 2 fully saturated rings. The molecule has 2 heterocycles. The Morgan fingerprint density at radius 1 is 0.844 bits per heavy atom. The SMILES string of the molecule is Fc1ccc([C@@H](c2nnnn2C2CCCCC2)N2CCN(c3ccccc3F)CC2)cc1. The number of halogens is 2. The van der Waals surface area contributed by atoms with Crippen molar-refractivity contribution >= 4 is 5.69 Å². The molecule has 2 aromatic carbocycles. The predicted octanol–water partition coefficient (Wildman–Crippen LogP) is 4.37. The molecule has 0 bridgehead atoms. The Labute approximate surface area is 186 Å². The highest BCUT2D eigenvalue weighted by atomic mass is 19.1. The summed E-state index contributed by atoms with van der Waals surface area (Å²) in [6.45, 7) is 2.86. The first-order valence-corrected chi connectivity index (χ1v) is 11.5. The summed E-state index contributed by atoms with van der Waals surface area (Å²) in [7, 11) is 0. The Morgan fingerprint density at radius 3 is 2.28 bits per heavy atom. The average Bonchev–Trinajstić information content (AvgIpc) is 3.31. The number of hydrogen-bond acceptors (Lipinski definition) is 5. The summed E-state index contributed by atoms with van der Waals surface area (Å²) < 4.78 is 30.0. The highest BCUT2D eigenvalue weighted by Crippen LogP contribution is 2.34. The van der Waals surface area contributed by atoms with Crippen LogP contribution in [0, 0.1) is 11.6 Å². The van der Waals surface area contributed by atoms with Gasteiger partial charge >= 0.3 is 0 Å². The molecule has 1 saturated carbocycles. The third-order valence-electron chi connectivity index (χ3n) is 6.74. The van der Waals surface area contributed by atoms with Crippen LogP contribution in [0.1, 0.15) is 55.6 Å². The Bertz CT molecular complexity index is 1020. The van der Waals surface area contributed by atoms with E-state index in [1.165, 1.54) is 37.5 Å². The molecule has 6 nitrogen and oxygen atoms in total. The quantitative estimate of drug-likeness (QED) is 0.592. The molecule has 0 unspecified atom stereocenters. The lowest BCUT2D eigenvalue weighted by atomic mass is 9.95. The number of hydrogen-bond donors (Lipinski definition) is 0. The Balaban J connectivity index is 1.43. The van der Waals surface area contributed by atoms with Crippen molar-refractivity contribution in [3.63, 3.8) is 0 Å². The Hall–Kier alpha value is -2.87. The molecule has 2 aliphatic rings. The molecular formula is C24H28F2N6. The first kappa shape index (κ1) is 21.0. The molecule has 3 aromatic rings. The van der Waals surface area contributed by atoms with Gasteiger partial charge in [-0.2, -0.15) is 0 Å².